The van der Waals surface area contributed by atoms with Gasteiger partial charge in [0.05, 0.1) is 18.8 Å². The van der Waals surface area contributed by atoms with Gasteiger partial charge in [-0.25, -0.2) is 4.98 Å². The summed E-state index contributed by atoms with van der Waals surface area (Å²) in [5, 5.41) is 0. The van der Waals surface area contributed by atoms with Crippen molar-refractivity contribution in [3.05, 3.63) is 53.5 Å². The van der Waals surface area contributed by atoms with Gasteiger partial charge >= 0.3 is 0 Å². The monoisotopic (exact) mass is 422 g/mol. The highest BCUT2D eigenvalue weighted by atomic mass is 79.9. The normalized spacial score (nSPS) is 10.2. The average Bonchev–Trinajstić information content (AvgIpc) is 2.55. The largest absolute Gasteiger partial charge is 0.492 e. The molecule has 0 aliphatic carbocycles. The lowest BCUT2D eigenvalue weighted by atomic mass is 10.3. The highest BCUT2D eigenvalue weighted by Gasteiger charge is 2.04. The van der Waals surface area contributed by atoms with E-state index in [1.807, 2.05) is 58.9 Å². The number of pyridine rings is 2. The van der Waals surface area contributed by atoms with E-state index in [-0.39, 0.29) is 12.2 Å². The van der Waals surface area contributed by atoms with Gasteiger partial charge in [-0.05, 0) is 62.7 Å². The minimum Gasteiger partial charge on any atom is -0.492 e. The van der Waals surface area contributed by atoms with Crippen molar-refractivity contribution in [1.82, 2.24) is 9.97 Å². The predicted octanol–water partition coefficient (Wildman–Crippen LogP) is 5.51. The number of rotatable bonds is 7. The average molecular weight is 423 g/mol. The highest BCUT2D eigenvalue weighted by molar-refractivity contribution is 9.10. The standard InChI is InChI=1S/C12H17NO2.C8H10BrNO/c1-5-14-10(4)12-8-11(6-7-13-12)15-9(2)3;1-6(2)11-7-3-4-10-8(9)5-7/h6-9H,4-5H2,1-3H3;3-6H,1-2H3. The molecule has 0 aromatic carbocycles. The van der Waals surface area contributed by atoms with Crippen LogP contribution in [-0.4, -0.2) is 28.8 Å². The fraction of sp³-hybridized carbons (Fsp3) is 0.400. The van der Waals surface area contributed by atoms with Crippen LogP contribution in [0.15, 0.2) is 47.8 Å². The Bertz CT molecular complexity index is 690. The SMILES string of the molecule is C=C(OCC)c1cc(OC(C)C)ccn1.CC(C)Oc1ccnc(Br)c1. The summed E-state index contributed by atoms with van der Waals surface area (Å²) in [6.45, 7) is 14.3. The van der Waals surface area contributed by atoms with Crippen molar-refractivity contribution in [2.75, 3.05) is 6.61 Å². The zero-order valence-electron chi connectivity index (χ0n) is 16.0. The molecule has 2 aromatic heterocycles. The predicted molar refractivity (Wildman–Crippen MR) is 108 cm³/mol. The van der Waals surface area contributed by atoms with E-state index in [9.17, 15) is 0 Å². The molecule has 5 nitrogen and oxygen atoms in total. The third-order valence-electron chi connectivity index (χ3n) is 2.78. The smallest absolute Gasteiger partial charge is 0.137 e. The molecule has 0 radical (unpaired) electrons. The van der Waals surface area contributed by atoms with Crippen LogP contribution in [0.4, 0.5) is 0 Å². The Morgan fingerprint density at radius 2 is 1.54 bits per heavy atom. The Labute approximate surface area is 164 Å². The van der Waals surface area contributed by atoms with Crippen molar-refractivity contribution in [3.8, 4) is 11.5 Å². The van der Waals surface area contributed by atoms with Crippen molar-refractivity contribution in [3.63, 3.8) is 0 Å². The molecule has 2 rings (SSSR count). The minimum absolute atomic E-state index is 0.153. The van der Waals surface area contributed by atoms with Crippen molar-refractivity contribution in [1.29, 1.82) is 0 Å². The van der Waals surface area contributed by atoms with E-state index < -0.39 is 0 Å². The quantitative estimate of drug-likeness (QED) is 0.434. The second kappa shape index (κ2) is 11.5. The summed E-state index contributed by atoms with van der Waals surface area (Å²) in [5.41, 5.74) is 0.718. The molecule has 0 amide bonds. The first-order valence-corrected chi connectivity index (χ1v) is 9.34. The molecular weight excluding hydrogens is 396 g/mol. The van der Waals surface area contributed by atoms with E-state index in [4.69, 9.17) is 14.2 Å². The molecule has 0 bridgehead atoms. The van der Waals surface area contributed by atoms with Gasteiger partial charge in [-0.15, -0.1) is 0 Å². The van der Waals surface area contributed by atoms with Gasteiger partial charge in [-0.1, -0.05) is 6.58 Å². The number of ether oxygens (including phenoxy) is 3. The molecule has 0 spiro atoms. The van der Waals surface area contributed by atoms with Crippen molar-refractivity contribution < 1.29 is 14.2 Å². The van der Waals surface area contributed by atoms with E-state index in [1.54, 1.807) is 12.4 Å². The van der Waals surface area contributed by atoms with Crippen molar-refractivity contribution >= 4 is 21.7 Å². The fourth-order valence-electron chi connectivity index (χ4n) is 1.89. The Kier molecular flexibility index (Phi) is 9.73. The molecule has 0 atom stereocenters. The summed E-state index contributed by atoms with van der Waals surface area (Å²) in [6, 6.07) is 7.34. The second-order valence-electron chi connectivity index (χ2n) is 5.88. The molecule has 0 saturated carbocycles. The zero-order valence-corrected chi connectivity index (χ0v) is 17.6. The molecule has 0 saturated heterocycles. The number of aromatic nitrogens is 2. The number of hydrogen-bond donors (Lipinski definition) is 0. The summed E-state index contributed by atoms with van der Waals surface area (Å²) >= 11 is 3.26. The first-order valence-electron chi connectivity index (χ1n) is 8.54. The van der Waals surface area contributed by atoms with Gasteiger partial charge in [-0.2, -0.15) is 0 Å². The van der Waals surface area contributed by atoms with Gasteiger partial charge in [-0.3, -0.25) is 4.98 Å². The topological polar surface area (TPSA) is 53.5 Å². The highest BCUT2D eigenvalue weighted by Crippen LogP contribution is 2.18. The lowest BCUT2D eigenvalue weighted by molar-refractivity contribution is 0.241. The minimum atomic E-state index is 0.153. The maximum atomic E-state index is 5.55. The summed E-state index contributed by atoms with van der Waals surface area (Å²) in [4.78, 5) is 8.14. The van der Waals surface area contributed by atoms with Crippen LogP contribution in [0.3, 0.4) is 0 Å². The summed E-state index contributed by atoms with van der Waals surface area (Å²) in [5.74, 6) is 2.21. The molecule has 142 valence electrons. The van der Waals surface area contributed by atoms with Crippen molar-refractivity contribution in [2.24, 2.45) is 0 Å². The Balaban J connectivity index is 0.000000273. The van der Waals surface area contributed by atoms with Gasteiger partial charge < -0.3 is 14.2 Å². The third kappa shape index (κ3) is 8.85. The van der Waals surface area contributed by atoms with Crippen LogP contribution in [0.2, 0.25) is 0 Å². The molecule has 6 heteroatoms. The molecular formula is C20H27BrN2O3. The maximum Gasteiger partial charge on any atom is 0.137 e. The third-order valence-corrected chi connectivity index (χ3v) is 3.21. The van der Waals surface area contributed by atoms with Gasteiger partial charge in [0.1, 0.15) is 27.6 Å². The van der Waals surface area contributed by atoms with Crippen LogP contribution in [0.5, 0.6) is 11.5 Å². The van der Waals surface area contributed by atoms with Crippen LogP contribution >= 0.6 is 15.9 Å². The Hall–Kier alpha value is -2.08. The molecule has 2 heterocycles. The number of hydrogen-bond acceptors (Lipinski definition) is 5. The second-order valence-corrected chi connectivity index (χ2v) is 6.69. The molecule has 0 aliphatic rings. The fourth-order valence-corrected chi connectivity index (χ4v) is 2.23. The molecule has 0 aliphatic heterocycles. The summed E-state index contributed by atoms with van der Waals surface area (Å²) in [6.07, 6.45) is 3.77. The first kappa shape index (κ1) is 22.0. The lowest BCUT2D eigenvalue weighted by Crippen LogP contribution is -2.06. The first-order chi connectivity index (χ1) is 12.3. The Morgan fingerprint density at radius 3 is 2.04 bits per heavy atom. The van der Waals surface area contributed by atoms with Crippen LogP contribution in [0.25, 0.3) is 5.76 Å². The number of nitrogens with zero attached hydrogens (tertiary/aromatic N) is 2. The van der Waals surface area contributed by atoms with E-state index in [0.29, 0.717) is 12.4 Å². The van der Waals surface area contributed by atoms with Crippen LogP contribution < -0.4 is 9.47 Å². The van der Waals surface area contributed by atoms with Gasteiger partial charge in [0, 0.05) is 24.5 Å². The number of halogens is 1. The molecule has 0 unspecified atom stereocenters. The summed E-state index contributed by atoms with van der Waals surface area (Å²) in [7, 11) is 0. The van der Waals surface area contributed by atoms with Gasteiger partial charge in [0.15, 0.2) is 0 Å². The Morgan fingerprint density at radius 1 is 1.00 bits per heavy atom. The summed E-state index contributed by atoms with van der Waals surface area (Å²) < 4.78 is 17.0. The van der Waals surface area contributed by atoms with E-state index in [2.05, 4.69) is 32.5 Å². The van der Waals surface area contributed by atoms with E-state index >= 15 is 0 Å². The van der Waals surface area contributed by atoms with Gasteiger partial charge in [0.25, 0.3) is 0 Å². The van der Waals surface area contributed by atoms with E-state index in [0.717, 1.165) is 21.8 Å². The molecule has 0 N–H and O–H groups in total. The van der Waals surface area contributed by atoms with E-state index in [1.165, 1.54) is 0 Å². The van der Waals surface area contributed by atoms with Gasteiger partial charge in [0.2, 0.25) is 0 Å². The zero-order chi connectivity index (χ0) is 19.5. The molecule has 2 aromatic rings. The van der Waals surface area contributed by atoms with Crippen molar-refractivity contribution in [2.45, 2.75) is 46.8 Å². The molecule has 26 heavy (non-hydrogen) atoms. The van der Waals surface area contributed by atoms with Crippen LogP contribution in [-0.2, 0) is 4.74 Å². The maximum absolute atomic E-state index is 5.55. The molecule has 0 fully saturated rings. The van der Waals surface area contributed by atoms with Crippen LogP contribution in [0.1, 0.15) is 40.3 Å². The lowest BCUT2D eigenvalue weighted by Gasteiger charge is -2.11. The van der Waals surface area contributed by atoms with Crippen LogP contribution in [0, 0.1) is 0 Å².